The average molecular weight is 600 g/mol. The Kier molecular flexibility index (Phi) is 12.4. The Balaban J connectivity index is 1.96. The summed E-state index contributed by atoms with van der Waals surface area (Å²) in [5.41, 5.74) is -2.33. The summed E-state index contributed by atoms with van der Waals surface area (Å²) in [6.45, 7) is 15.8. The summed E-state index contributed by atoms with van der Waals surface area (Å²) in [6.07, 6.45) is -1.59. The number of hydrogen-bond donors (Lipinski definition) is 1. The largest absolute Gasteiger partial charge is 0.463 e. The van der Waals surface area contributed by atoms with Crippen molar-refractivity contribution in [1.82, 2.24) is 14.7 Å². The average Bonchev–Trinajstić information content (AvgIpc) is 2.94. The van der Waals surface area contributed by atoms with E-state index in [0.717, 1.165) is 26.2 Å². The monoisotopic (exact) mass is 599 g/mol. The number of rotatable bonds is 6. The van der Waals surface area contributed by atoms with Crippen LogP contribution in [-0.4, -0.2) is 148 Å². The molecule has 0 aromatic heterocycles. The van der Waals surface area contributed by atoms with Crippen molar-refractivity contribution in [3.63, 3.8) is 0 Å². The minimum atomic E-state index is -1.41. The molecule has 3 saturated heterocycles. The number of cyclic esters (lactones) is 1. The second kappa shape index (κ2) is 14.7. The molecule has 0 aromatic carbocycles. The number of ether oxygens (including phenoxy) is 5. The smallest absolute Gasteiger partial charge is 0.319 e. The maximum Gasteiger partial charge on any atom is 0.319 e. The van der Waals surface area contributed by atoms with Gasteiger partial charge in [-0.05, 0) is 67.6 Å². The van der Waals surface area contributed by atoms with Crippen LogP contribution in [0.25, 0.3) is 0 Å². The van der Waals surface area contributed by atoms with Crippen LogP contribution in [0.4, 0.5) is 0 Å². The number of morpholine rings is 1. The summed E-state index contributed by atoms with van der Waals surface area (Å²) < 4.78 is 30.3. The van der Waals surface area contributed by atoms with Crippen molar-refractivity contribution in [2.24, 2.45) is 17.3 Å². The number of nitrogens with zero attached hydrogens (tertiary/aromatic N) is 3. The van der Waals surface area contributed by atoms with Gasteiger partial charge in [0.1, 0.15) is 18.1 Å². The highest BCUT2D eigenvalue weighted by Crippen LogP contribution is 2.38. The molecule has 3 aliphatic rings. The van der Waals surface area contributed by atoms with Crippen LogP contribution in [0.1, 0.15) is 54.4 Å². The Bertz CT molecular complexity index is 897. The van der Waals surface area contributed by atoms with Crippen molar-refractivity contribution in [3.8, 4) is 0 Å². The van der Waals surface area contributed by atoms with Crippen molar-refractivity contribution in [2.45, 2.75) is 96.7 Å². The maximum atomic E-state index is 14.1. The van der Waals surface area contributed by atoms with Gasteiger partial charge in [-0.1, -0.05) is 13.8 Å². The van der Waals surface area contributed by atoms with Gasteiger partial charge in [0, 0.05) is 45.2 Å². The number of hydrogen-bond acceptors (Lipinski definition) is 11. The third kappa shape index (κ3) is 8.29. The van der Waals surface area contributed by atoms with Crippen LogP contribution in [0.2, 0.25) is 0 Å². The molecular weight excluding hydrogens is 542 g/mol. The SMILES string of the molecule is CO[C@]1(C)C[C@@H](C)CN(C)[C@H](CN2CCOCC2)COC(=O)C(C)(C)C(=O)[C@H](C)[C@H]1O[C@@H]1O[C@H](C)C[C@H](N(C)C)[C@H]1O. The zero-order valence-electron chi connectivity index (χ0n) is 27.6. The summed E-state index contributed by atoms with van der Waals surface area (Å²) >= 11 is 0. The first-order valence-electron chi connectivity index (χ1n) is 15.5. The van der Waals surface area contributed by atoms with E-state index in [1.54, 1.807) is 27.9 Å². The fraction of sp³-hybridized carbons (Fsp3) is 0.935. The third-order valence-corrected chi connectivity index (χ3v) is 9.58. The normalized spacial score (nSPS) is 40.2. The minimum Gasteiger partial charge on any atom is -0.463 e. The van der Waals surface area contributed by atoms with E-state index < -0.39 is 41.4 Å². The summed E-state index contributed by atoms with van der Waals surface area (Å²) in [5.74, 6) is -1.46. The molecule has 3 heterocycles. The second-order valence-electron chi connectivity index (χ2n) is 13.8. The van der Waals surface area contributed by atoms with Crippen molar-refractivity contribution >= 4 is 11.8 Å². The maximum absolute atomic E-state index is 14.1. The molecule has 244 valence electrons. The van der Waals surface area contributed by atoms with Gasteiger partial charge in [-0.2, -0.15) is 0 Å². The molecule has 0 saturated carbocycles. The number of likely N-dealkylation sites (N-methyl/N-ethyl adjacent to an activating group) is 2. The van der Waals surface area contributed by atoms with E-state index in [1.807, 2.05) is 32.8 Å². The number of esters is 1. The number of aliphatic hydroxyl groups excluding tert-OH is 1. The molecule has 1 N–H and O–H groups in total. The Morgan fingerprint density at radius 1 is 1.10 bits per heavy atom. The lowest BCUT2D eigenvalue weighted by molar-refractivity contribution is -0.295. The van der Waals surface area contributed by atoms with E-state index in [0.29, 0.717) is 26.1 Å². The van der Waals surface area contributed by atoms with Crippen molar-refractivity contribution in [3.05, 3.63) is 0 Å². The van der Waals surface area contributed by atoms with Gasteiger partial charge >= 0.3 is 5.97 Å². The molecule has 11 nitrogen and oxygen atoms in total. The molecule has 11 heteroatoms. The van der Waals surface area contributed by atoms with E-state index in [2.05, 4.69) is 23.8 Å². The number of methoxy groups -OCH3 is 1. The molecule has 3 aliphatic heterocycles. The summed E-state index contributed by atoms with van der Waals surface area (Å²) in [6, 6.07) is -0.217. The topological polar surface area (TPSA) is 110 Å². The molecule has 0 aromatic rings. The fourth-order valence-electron chi connectivity index (χ4n) is 6.86. The van der Waals surface area contributed by atoms with Crippen molar-refractivity contribution in [1.29, 1.82) is 0 Å². The zero-order valence-corrected chi connectivity index (χ0v) is 27.6. The molecule has 0 unspecified atom stereocenters. The lowest BCUT2D eigenvalue weighted by atomic mass is 9.74. The third-order valence-electron chi connectivity index (χ3n) is 9.58. The second-order valence-corrected chi connectivity index (χ2v) is 13.8. The number of Topliss-reactive ketones (excluding diaryl/α,β-unsaturated/α-hetero) is 1. The standard InChI is InChI=1S/C31H57N3O8/c1-20-16-31(6,38-10)27(42-28-25(35)24(32(7)8)15-21(2)41-28)22(3)26(36)30(4,5)29(37)40-19-23(33(9)17-20)18-34-11-13-39-14-12-34/h20-25,27-28,35H,11-19H2,1-10H3/t20-,21-,22+,23-,24+,25-,27-,28+,31-/m1/s1. The Morgan fingerprint density at radius 3 is 2.33 bits per heavy atom. The summed E-state index contributed by atoms with van der Waals surface area (Å²) in [7, 11) is 7.53. The van der Waals surface area contributed by atoms with Gasteiger partial charge in [-0.15, -0.1) is 0 Å². The van der Waals surface area contributed by atoms with E-state index in [1.165, 1.54) is 0 Å². The molecular formula is C31H57N3O8. The number of aliphatic hydroxyl groups is 1. The minimum absolute atomic E-state index is 0.0466. The lowest BCUT2D eigenvalue weighted by Gasteiger charge is -2.47. The Hall–Kier alpha value is -1.18. The quantitative estimate of drug-likeness (QED) is 0.356. The molecule has 3 rings (SSSR count). The molecule has 9 atom stereocenters. The van der Waals surface area contributed by atoms with Gasteiger partial charge in [0.15, 0.2) is 12.1 Å². The summed E-state index contributed by atoms with van der Waals surface area (Å²) in [5, 5.41) is 11.3. The van der Waals surface area contributed by atoms with Crippen molar-refractivity contribution < 1.29 is 38.4 Å². The van der Waals surface area contributed by atoms with E-state index in [-0.39, 0.29) is 36.5 Å². The van der Waals surface area contributed by atoms with E-state index in [4.69, 9.17) is 23.7 Å². The van der Waals surface area contributed by atoms with Crippen molar-refractivity contribution in [2.75, 3.05) is 74.3 Å². The lowest BCUT2D eigenvalue weighted by Crippen LogP contribution is -2.59. The molecule has 0 bridgehead atoms. The first kappa shape index (κ1) is 35.3. The molecule has 0 aliphatic carbocycles. The molecule has 42 heavy (non-hydrogen) atoms. The van der Waals surface area contributed by atoms with Gasteiger partial charge in [-0.3, -0.25) is 19.4 Å². The van der Waals surface area contributed by atoms with Crippen LogP contribution in [0.15, 0.2) is 0 Å². The number of carbonyl (C=O) groups excluding carboxylic acids is 2. The van der Waals surface area contributed by atoms with E-state index in [9.17, 15) is 14.7 Å². The van der Waals surface area contributed by atoms with Crippen LogP contribution in [0, 0.1) is 17.3 Å². The highest BCUT2D eigenvalue weighted by molar-refractivity contribution is 6.04. The molecule has 0 radical (unpaired) electrons. The predicted octanol–water partition coefficient (Wildman–Crippen LogP) is 1.65. The Morgan fingerprint density at radius 2 is 1.74 bits per heavy atom. The first-order chi connectivity index (χ1) is 19.6. The first-order valence-corrected chi connectivity index (χ1v) is 15.5. The Labute approximate surface area is 253 Å². The van der Waals surface area contributed by atoms with Gasteiger partial charge in [0.05, 0.1) is 37.1 Å². The van der Waals surface area contributed by atoms with Crippen LogP contribution in [-0.2, 0) is 33.3 Å². The van der Waals surface area contributed by atoms with E-state index >= 15 is 0 Å². The molecule has 0 spiro atoms. The number of carbonyl (C=O) groups is 2. The number of ketones is 1. The molecule has 0 amide bonds. The van der Waals surface area contributed by atoms with Gasteiger partial charge in [0.25, 0.3) is 0 Å². The van der Waals surface area contributed by atoms with Crippen LogP contribution in [0.3, 0.4) is 0 Å². The van der Waals surface area contributed by atoms with Crippen LogP contribution >= 0.6 is 0 Å². The summed E-state index contributed by atoms with van der Waals surface area (Å²) in [4.78, 5) is 34.2. The fourth-order valence-corrected chi connectivity index (χ4v) is 6.86. The highest BCUT2D eigenvalue weighted by Gasteiger charge is 2.51. The van der Waals surface area contributed by atoms with Crippen LogP contribution < -0.4 is 0 Å². The zero-order chi connectivity index (χ0) is 31.4. The van der Waals surface area contributed by atoms with Crippen LogP contribution in [0.5, 0.6) is 0 Å². The van der Waals surface area contributed by atoms with Gasteiger partial charge in [-0.25, -0.2) is 0 Å². The van der Waals surface area contributed by atoms with Gasteiger partial charge in [0.2, 0.25) is 0 Å². The highest BCUT2D eigenvalue weighted by atomic mass is 16.7. The molecule has 3 fully saturated rings. The van der Waals surface area contributed by atoms with Gasteiger partial charge < -0.3 is 33.7 Å². The predicted molar refractivity (Wildman–Crippen MR) is 159 cm³/mol.